The molecule has 1 saturated heterocycles. The van der Waals surface area contributed by atoms with Gasteiger partial charge in [-0.3, -0.25) is 4.79 Å². The minimum absolute atomic E-state index is 0. The van der Waals surface area contributed by atoms with Crippen molar-refractivity contribution in [1.82, 2.24) is 4.90 Å². The van der Waals surface area contributed by atoms with E-state index in [0.29, 0.717) is 24.6 Å². The Morgan fingerprint density at radius 2 is 2.25 bits per heavy atom. The minimum atomic E-state index is -0.553. The Morgan fingerprint density at radius 3 is 2.90 bits per heavy atom. The number of carbonyl (C=O) groups excluding carboxylic acids is 1. The molecular formula is C14H19Cl2FN2O. The van der Waals surface area contributed by atoms with Gasteiger partial charge in [0.15, 0.2) is 0 Å². The van der Waals surface area contributed by atoms with Crippen LogP contribution >= 0.6 is 24.0 Å². The summed E-state index contributed by atoms with van der Waals surface area (Å²) in [5.41, 5.74) is 5.92. The first-order chi connectivity index (χ1) is 9.11. The highest BCUT2D eigenvalue weighted by Crippen LogP contribution is 2.22. The van der Waals surface area contributed by atoms with Crippen molar-refractivity contribution in [1.29, 1.82) is 0 Å². The lowest BCUT2D eigenvalue weighted by molar-refractivity contribution is 0.0669. The van der Waals surface area contributed by atoms with Crippen molar-refractivity contribution < 1.29 is 9.18 Å². The van der Waals surface area contributed by atoms with Gasteiger partial charge >= 0.3 is 0 Å². The van der Waals surface area contributed by atoms with E-state index in [1.807, 2.05) is 0 Å². The molecule has 3 nitrogen and oxygen atoms in total. The lowest BCUT2D eigenvalue weighted by Crippen LogP contribution is -2.40. The lowest BCUT2D eigenvalue weighted by Gasteiger charge is -2.32. The first kappa shape index (κ1) is 17.2. The summed E-state index contributed by atoms with van der Waals surface area (Å²) < 4.78 is 13.4. The number of nitrogens with zero attached hydrogens (tertiary/aromatic N) is 1. The van der Waals surface area contributed by atoms with Gasteiger partial charge in [-0.05, 0) is 49.9 Å². The highest BCUT2D eigenvalue weighted by Gasteiger charge is 2.24. The van der Waals surface area contributed by atoms with Gasteiger partial charge in [-0.1, -0.05) is 11.6 Å². The summed E-state index contributed by atoms with van der Waals surface area (Å²) in [5, 5.41) is 0.0382. The van der Waals surface area contributed by atoms with Crippen LogP contribution in [-0.2, 0) is 0 Å². The second kappa shape index (κ2) is 7.81. The Balaban J connectivity index is 0.00000200. The first-order valence-corrected chi connectivity index (χ1v) is 6.94. The summed E-state index contributed by atoms with van der Waals surface area (Å²) >= 11 is 5.62. The molecule has 1 fully saturated rings. The quantitative estimate of drug-likeness (QED) is 0.930. The summed E-state index contributed by atoms with van der Waals surface area (Å²) in [5.74, 6) is -0.222. The van der Waals surface area contributed by atoms with Crippen molar-refractivity contribution in [3.8, 4) is 0 Å². The fourth-order valence-corrected chi connectivity index (χ4v) is 2.65. The molecule has 0 saturated carbocycles. The third kappa shape index (κ3) is 4.08. The Kier molecular flexibility index (Phi) is 6.72. The number of rotatable bonds is 3. The Bertz CT molecular complexity index is 468. The van der Waals surface area contributed by atoms with Crippen LogP contribution in [0, 0.1) is 11.7 Å². The molecule has 20 heavy (non-hydrogen) atoms. The van der Waals surface area contributed by atoms with Gasteiger partial charge in [-0.15, -0.1) is 12.4 Å². The second-order valence-corrected chi connectivity index (χ2v) is 5.37. The van der Waals surface area contributed by atoms with Crippen LogP contribution in [0.25, 0.3) is 0 Å². The van der Waals surface area contributed by atoms with Crippen LogP contribution in [0.5, 0.6) is 0 Å². The van der Waals surface area contributed by atoms with Crippen LogP contribution in [-0.4, -0.2) is 30.4 Å². The SMILES string of the molecule is Cl.NCCC1CCCN(C(=O)c2ccc(Cl)c(F)c2)C1. The van der Waals surface area contributed by atoms with Crippen LogP contribution in [0.15, 0.2) is 18.2 Å². The summed E-state index contributed by atoms with van der Waals surface area (Å²) in [6, 6.07) is 4.20. The van der Waals surface area contributed by atoms with E-state index in [1.54, 1.807) is 11.0 Å². The fourth-order valence-electron chi connectivity index (χ4n) is 2.53. The number of hydrogen-bond acceptors (Lipinski definition) is 2. The minimum Gasteiger partial charge on any atom is -0.338 e. The summed E-state index contributed by atoms with van der Waals surface area (Å²) in [6.45, 7) is 2.08. The van der Waals surface area contributed by atoms with Crippen molar-refractivity contribution in [2.45, 2.75) is 19.3 Å². The Hall–Kier alpha value is -0.840. The van der Waals surface area contributed by atoms with E-state index in [9.17, 15) is 9.18 Å². The Labute approximate surface area is 129 Å². The third-order valence-corrected chi connectivity index (χ3v) is 3.85. The molecule has 0 bridgehead atoms. The number of halogens is 3. The maximum Gasteiger partial charge on any atom is 0.253 e. The summed E-state index contributed by atoms with van der Waals surface area (Å²) in [7, 11) is 0. The van der Waals surface area contributed by atoms with Gasteiger partial charge in [-0.2, -0.15) is 0 Å². The van der Waals surface area contributed by atoms with Gasteiger partial charge in [0.25, 0.3) is 5.91 Å². The molecule has 0 aromatic heterocycles. The second-order valence-electron chi connectivity index (χ2n) is 4.97. The molecule has 0 aliphatic carbocycles. The predicted molar refractivity (Wildman–Crippen MR) is 81.0 cm³/mol. The fraction of sp³-hybridized carbons (Fsp3) is 0.500. The largest absolute Gasteiger partial charge is 0.338 e. The first-order valence-electron chi connectivity index (χ1n) is 6.56. The van der Waals surface area contributed by atoms with E-state index in [0.717, 1.165) is 25.8 Å². The molecule has 1 aliphatic rings. The van der Waals surface area contributed by atoms with Crippen molar-refractivity contribution in [3.05, 3.63) is 34.6 Å². The lowest BCUT2D eigenvalue weighted by atomic mass is 9.94. The number of amides is 1. The highest BCUT2D eigenvalue weighted by molar-refractivity contribution is 6.30. The normalized spacial score (nSPS) is 18.6. The van der Waals surface area contributed by atoms with Crippen LogP contribution in [0.1, 0.15) is 29.6 Å². The van der Waals surface area contributed by atoms with Gasteiger partial charge in [0, 0.05) is 18.7 Å². The van der Waals surface area contributed by atoms with E-state index < -0.39 is 5.82 Å². The molecule has 2 rings (SSSR count). The van der Waals surface area contributed by atoms with Crippen molar-refractivity contribution >= 4 is 29.9 Å². The van der Waals surface area contributed by atoms with Crippen LogP contribution in [0.3, 0.4) is 0 Å². The van der Waals surface area contributed by atoms with Crippen LogP contribution < -0.4 is 5.73 Å². The monoisotopic (exact) mass is 320 g/mol. The van der Waals surface area contributed by atoms with Gasteiger partial charge < -0.3 is 10.6 Å². The summed E-state index contributed by atoms with van der Waals surface area (Å²) in [6.07, 6.45) is 3.02. The maximum absolute atomic E-state index is 13.4. The number of piperidine rings is 1. The van der Waals surface area contributed by atoms with Crippen LogP contribution in [0.4, 0.5) is 4.39 Å². The zero-order valence-corrected chi connectivity index (χ0v) is 12.7. The highest BCUT2D eigenvalue weighted by atomic mass is 35.5. The molecule has 1 heterocycles. The van der Waals surface area contributed by atoms with E-state index >= 15 is 0 Å². The molecule has 6 heteroatoms. The average molecular weight is 321 g/mol. The molecule has 1 unspecified atom stereocenters. The molecule has 2 N–H and O–H groups in total. The smallest absolute Gasteiger partial charge is 0.253 e. The molecule has 1 amide bonds. The predicted octanol–water partition coefficient (Wildman–Crippen LogP) is 3.10. The van der Waals surface area contributed by atoms with Gasteiger partial charge in [-0.25, -0.2) is 4.39 Å². The summed E-state index contributed by atoms with van der Waals surface area (Å²) in [4.78, 5) is 14.1. The van der Waals surface area contributed by atoms with Crippen molar-refractivity contribution in [2.75, 3.05) is 19.6 Å². The third-order valence-electron chi connectivity index (χ3n) is 3.55. The number of hydrogen-bond donors (Lipinski definition) is 1. The van der Waals surface area contributed by atoms with Crippen molar-refractivity contribution in [2.24, 2.45) is 11.7 Å². The maximum atomic E-state index is 13.4. The number of nitrogens with two attached hydrogens (primary N) is 1. The van der Waals surface area contributed by atoms with Gasteiger partial charge in [0.05, 0.1) is 5.02 Å². The molecular weight excluding hydrogens is 302 g/mol. The zero-order valence-electron chi connectivity index (χ0n) is 11.1. The molecule has 1 aliphatic heterocycles. The molecule has 0 spiro atoms. The molecule has 1 aromatic rings. The molecule has 112 valence electrons. The van der Waals surface area contributed by atoms with E-state index in [2.05, 4.69) is 0 Å². The topological polar surface area (TPSA) is 46.3 Å². The standard InChI is InChI=1S/C14H18ClFN2O.ClH/c15-12-4-3-11(8-13(12)16)14(19)18-7-1-2-10(9-18)5-6-17;/h3-4,8,10H,1-2,5-7,9,17H2;1H. The Morgan fingerprint density at radius 1 is 1.50 bits per heavy atom. The number of benzene rings is 1. The molecule has 0 radical (unpaired) electrons. The average Bonchev–Trinajstić information content (AvgIpc) is 2.42. The molecule has 1 atom stereocenters. The zero-order chi connectivity index (χ0) is 13.8. The number of carbonyl (C=O) groups is 1. The van der Waals surface area contributed by atoms with Gasteiger partial charge in [0.1, 0.15) is 5.82 Å². The van der Waals surface area contributed by atoms with Crippen LogP contribution in [0.2, 0.25) is 5.02 Å². The van der Waals surface area contributed by atoms with Crippen molar-refractivity contribution in [3.63, 3.8) is 0 Å². The van der Waals surface area contributed by atoms with Gasteiger partial charge in [0.2, 0.25) is 0 Å². The molecule has 1 aromatic carbocycles. The van der Waals surface area contributed by atoms with E-state index in [1.165, 1.54) is 12.1 Å². The number of likely N-dealkylation sites (tertiary alicyclic amines) is 1. The van der Waals surface area contributed by atoms with E-state index in [4.69, 9.17) is 17.3 Å². The van der Waals surface area contributed by atoms with E-state index in [-0.39, 0.29) is 23.3 Å².